The number of Topliss-reactive ketones (excluding diaryl/α,β-unsaturated/α-hetero) is 1. The van der Waals surface area contributed by atoms with Crippen LogP contribution in [0.15, 0.2) is 24.3 Å². The number of amides is 1. The first-order valence-corrected chi connectivity index (χ1v) is 9.50. The summed E-state index contributed by atoms with van der Waals surface area (Å²) in [7, 11) is 0. The summed E-state index contributed by atoms with van der Waals surface area (Å²) in [5.74, 6) is -3.34. The number of carboxylic acid groups (broad SMARTS) is 1. The average molecular weight is 418 g/mol. The molecular weight excluding hydrogens is 398 g/mol. The number of aromatic hydroxyl groups is 1. The number of benzene rings is 2. The van der Waals surface area contributed by atoms with Gasteiger partial charge in [-0.1, -0.05) is 25.4 Å². The van der Waals surface area contributed by atoms with Gasteiger partial charge in [0.25, 0.3) is 0 Å². The second-order valence-electron chi connectivity index (χ2n) is 7.11. The lowest BCUT2D eigenvalue weighted by Gasteiger charge is -2.17. The highest BCUT2D eigenvalue weighted by atomic mass is 35.5. The molecule has 1 amide bonds. The highest BCUT2D eigenvalue weighted by Gasteiger charge is 2.27. The SMILES string of the molecule is CC(C)c1cc(Oc2c(Cl)cc(NC(=O)C(=O)C(=O)O)c3c2CCC3)ccc1O. The molecule has 1 aliphatic carbocycles. The Bertz CT molecular complexity index is 1010. The minimum atomic E-state index is -1.82. The summed E-state index contributed by atoms with van der Waals surface area (Å²) in [6, 6.07) is 6.40. The van der Waals surface area contributed by atoms with Gasteiger partial charge in [0.05, 0.1) is 5.02 Å². The fraction of sp³-hybridized carbons (Fsp3) is 0.286. The van der Waals surface area contributed by atoms with E-state index in [0.29, 0.717) is 30.0 Å². The number of nitrogens with one attached hydrogen (secondary N) is 1. The van der Waals surface area contributed by atoms with Crippen LogP contribution in [-0.4, -0.2) is 27.9 Å². The predicted molar refractivity (Wildman–Crippen MR) is 107 cm³/mol. The van der Waals surface area contributed by atoms with Crippen LogP contribution in [0.5, 0.6) is 17.2 Å². The van der Waals surface area contributed by atoms with E-state index in [9.17, 15) is 19.5 Å². The summed E-state index contributed by atoms with van der Waals surface area (Å²) in [6.45, 7) is 3.92. The molecule has 0 aromatic heterocycles. The first-order chi connectivity index (χ1) is 13.7. The molecule has 2 aromatic carbocycles. The van der Waals surface area contributed by atoms with Crippen molar-refractivity contribution in [1.82, 2.24) is 0 Å². The molecule has 0 radical (unpaired) electrons. The molecule has 152 valence electrons. The number of carbonyl (C=O) groups excluding carboxylic acids is 2. The first-order valence-electron chi connectivity index (χ1n) is 9.12. The van der Waals surface area contributed by atoms with Crippen molar-refractivity contribution in [1.29, 1.82) is 0 Å². The standard InChI is InChI=1S/C21H20ClNO6/c1-10(2)14-8-11(6-7-17(14)24)29-19-13-5-3-4-12(13)16(9-15(19)22)23-20(26)18(25)21(27)28/h6-10,24H,3-5H2,1-2H3,(H,23,26)(H,27,28). The molecule has 0 saturated heterocycles. The zero-order valence-corrected chi connectivity index (χ0v) is 16.7. The van der Waals surface area contributed by atoms with E-state index in [0.717, 1.165) is 23.1 Å². The third kappa shape index (κ3) is 4.19. The largest absolute Gasteiger partial charge is 0.508 e. The molecule has 0 unspecified atom stereocenters. The normalized spacial score (nSPS) is 12.6. The molecule has 3 rings (SSSR count). The van der Waals surface area contributed by atoms with Crippen molar-refractivity contribution < 1.29 is 29.3 Å². The van der Waals surface area contributed by atoms with Gasteiger partial charge in [0, 0.05) is 16.8 Å². The molecule has 0 heterocycles. The smallest absolute Gasteiger partial charge is 0.382 e. The second kappa shape index (κ2) is 8.13. The van der Waals surface area contributed by atoms with Crippen LogP contribution in [0.2, 0.25) is 5.02 Å². The predicted octanol–water partition coefficient (Wildman–Crippen LogP) is 4.04. The third-order valence-corrected chi connectivity index (χ3v) is 5.08. The van der Waals surface area contributed by atoms with Gasteiger partial charge in [0.2, 0.25) is 0 Å². The Hall–Kier alpha value is -3.06. The van der Waals surface area contributed by atoms with E-state index in [1.54, 1.807) is 18.2 Å². The Kier molecular flexibility index (Phi) is 5.79. The minimum Gasteiger partial charge on any atom is -0.508 e. The summed E-state index contributed by atoms with van der Waals surface area (Å²) in [4.78, 5) is 33.9. The highest BCUT2D eigenvalue weighted by molar-refractivity contribution is 6.63. The summed E-state index contributed by atoms with van der Waals surface area (Å²) >= 11 is 6.40. The van der Waals surface area contributed by atoms with Gasteiger partial charge in [-0.3, -0.25) is 9.59 Å². The lowest BCUT2D eigenvalue weighted by molar-refractivity contribution is -0.152. The Morgan fingerprint density at radius 1 is 1.14 bits per heavy atom. The number of phenolic OH excluding ortho intramolecular Hbond substituents is 1. The van der Waals surface area contributed by atoms with Gasteiger partial charge in [0.1, 0.15) is 17.2 Å². The van der Waals surface area contributed by atoms with Crippen LogP contribution in [0, 0.1) is 0 Å². The highest BCUT2D eigenvalue weighted by Crippen LogP contribution is 2.44. The number of anilines is 1. The van der Waals surface area contributed by atoms with Crippen LogP contribution in [-0.2, 0) is 27.2 Å². The van der Waals surface area contributed by atoms with Gasteiger partial charge in [0.15, 0.2) is 0 Å². The number of carbonyl (C=O) groups is 3. The quantitative estimate of drug-likeness (QED) is 0.483. The summed E-state index contributed by atoms with van der Waals surface area (Å²) in [6.07, 6.45) is 2.09. The number of rotatable bonds is 6. The second-order valence-corrected chi connectivity index (χ2v) is 7.52. The Morgan fingerprint density at radius 2 is 1.83 bits per heavy atom. The first kappa shape index (κ1) is 20.7. The molecule has 0 saturated carbocycles. The molecule has 1 aliphatic rings. The number of hydrogen-bond donors (Lipinski definition) is 3. The molecule has 0 atom stereocenters. The van der Waals surface area contributed by atoms with Crippen molar-refractivity contribution in [2.75, 3.05) is 5.32 Å². The van der Waals surface area contributed by atoms with E-state index in [1.165, 1.54) is 6.07 Å². The average Bonchev–Trinajstić information content (AvgIpc) is 3.15. The van der Waals surface area contributed by atoms with E-state index in [2.05, 4.69) is 5.32 Å². The zero-order chi connectivity index (χ0) is 21.3. The Balaban J connectivity index is 1.95. The molecule has 8 heteroatoms. The van der Waals surface area contributed by atoms with Crippen LogP contribution in [0.3, 0.4) is 0 Å². The van der Waals surface area contributed by atoms with Crippen molar-refractivity contribution in [2.24, 2.45) is 0 Å². The van der Waals surface area contributed by atoms with Crippen LogP contribution in [0.1, 0.15) is 42.9 Å². The van der Waals surface area contributed by atoms with E-state index >= 15 is 0 Å². The van der Waals surface area contributed by atoms with Gasteiger partial charge in [-0.15, -0.1) is 0 Å². The van der Waals surface area contributed by atoms with Crippen LogP contribution in [0.25, 0.3) is 0 Å². The fourth-order valence-electron chi connectivity index (χ4n) is 3.39. The Morgan fingerprint density at radius 3 is 2.48 bits per heavy atom. The fourth-order valence-corrected chi connectivity index (χ4v) is 3.65. The van der Waals surface area contributed by atoms with Crippen molar-refractivity contribution in [2.45, 2.75) is 39.0 Å². The maximum absolute atomic E-state index is 11.8. The number of halogens is 1. The van der Waals surface area contributed by atoms with E-state index in [1.807, 2.05) is 13.8 Å². The number of fused-ring (bicyclic) bond motifs is 1. The number of aliphatic carboxylic acids is 1. The molecule has 0 spiro atoms. The number of ketones is 1. The van der Waals surface area contributed by atoms with Gasteiger partial charge in [-0.2, -0.15) is 0 Å². The molecule has 0 fully saturated rings. The van der Waals surface area contributed by atoms with Crippen LogP contribution in [0.4, 0.5) is 5.69 Å². The molecule has 0 aliphatic heterocycles. The van der Waals surface area contributed by atoms with Crippen molar-refractivity contribution in [3.05, 3.63) is 46.0 Å². The zero-order valence-electron chi connectivity index (χ0n) is 15.9. The minimum absolute atomic E-state index is 0.101. The molecule has 29 heavy (non-hydrogen) atoms. The van der Waals surface area contributed by atoms with Crippen molar-refractivity contribution in [3.63, 3.8) is 0 Å². The van der Waals surface area contributed by atoms with Crippen LogP contribution < -0.4 is 10.1 Å². The summed E-state index contributed by atoms with van der Waals surface area (Å²) in [5, 5.41) is 21.3. The molecule has 0 bridgehead atoms. The van der Waals surface area contributed by atoms with Gasteiger partial charge >= 0.3 is 17.7 Å². The third-order valence-electron chi connectivity index (χ3n) is 4.79. The van der Waals surface area contributed by atoms with Gasteiger partial charge in [-0.05, 0) is 55.0 Å². The lowest BCUT2D eigenvalue weighted by Crippen LogP contribution is -2.29. The summed E-state index contributed by atoms with van der Waals surface area (Å²) in [5.41, 5.74) is 2.61. The number of carboxylic acids is 1. The monoisotopic (exact) mass is 417 g/mol. The molecule has 2 aromatic rings. The van der Waals surface area contributed by atoms with E-state index < -0.39 is 17.7 Å². The van der Waals surface area contributed by atoms with Gasteiger partial charge < -0.3 is 20.3 Å². The number of ether oxygens (including phenoxy) is 1. The molecule has 3 N–H and O–H groups in total. The number of hydrogen-bond acceptors (Lipinski definition) is 5. The van der Waals surface area contributed by atoms with Crippen molar-refractivity contribution in [3.8, 4) is 17.2 Å². The molecule has 7 nitrogen and oxygen atoms in total. The number of phenols is 1. The topological polar surface area (TPSA) is 113 Å². The molecular formula is C21H20ClNO6. The maximum Gasteiger partial charge on any atom is 0.382 e. The summed E-state index contributed by atoms with van der Waals surface area (Å²) < 4.78 is 6.03. The van der Waals surface area contributed by atoms with E-state index in [4.69, 9.17) is 21.4 Å². The maximum atomic E-state index is 11.8. The van der Waals surface area contributed by atoms with Gasteiger partial charge in [-0.25, -0.2) is 4.79 Å². The lowest BCUT2D eigenvalue weighted by atomic mass is 10.0. The Labute approximate surface area is 172 Å². The van der Waals surface area contributed by atoms with Crippen molar-refractivity contribution >= 4 is 34.9 Å². The van der Waals surface area contributed by atoms with Crippen LogP contribution >= 0.6 is 11.6 Å². The van der Waals surface area contributed by atoms with E-state index in [-0.39, 0.29) is 16.7 Å².